The molecule has 1 aromatic rings. The van der Waals surface area contributed by atoms with E-state index in [2.05, 4.69) is 35.4 Å². The number of hydrogen-bond donors (Lipinski definition) is 2. The van der Waals surface area contributed by atoms with Crippen molar-refractivity contribution < 1.29 is 14.4 Å². The molecular weight excluding hydrogens is 454 g/mol. The van der Waals surface area contributed by atoms with Crippen molar-refractivity contribution in [2.24, 2.45) is 5.84 Å². The Kier molecular flexibility index (Phi) is 8.72. The van der Waals surface area contributed by atoms with Gasteiger partial charge in [0.05, 0.1) is 0 Å². The monoisotopic (exact) mass is 493 g/mol. The molecule has 194 valence electrons. The van der Waals surface area contributed by atoms with Crippen LogP contribution in [0.3, 0.4) is 0 Å². The van der Waals surface area contributed by atoms with Gasteiger partial charge < -0.3 is 4.90 Å². The van der Waals surface area contributed by atoms with Crippen molar-refractivity contribution in [2.45, 2.75) is 83.6 Å². The van der Waals surface area contributed by atoms with Crippen molar-refractivity contribution in [2.75, 3.05) is 13.1 Å². The highest BCUT2D eigenvalue weighted by atomic mass is 16.2. The molecule has 1 fully saturated rings. The molecule has 8 nitrogen and oxygen atoms in total. The minimum atomic E-state index is -0.655. The fourth-order valence-electron chi connectivity index (χ4n) is 5.81. The van der Waals surface area contributed by atoms with Crippen LogP contribution in [0.2, 0.25) is 0 Å². The molecule has 3 atom stereocenters. The van der Waals surface area contributed by atoms with Gasteiger partial charge in [-0.3, -0.25) is 30.4 Å². The molecule has 0 bridgehead atoms. The molecule has 1 saturated heterocycles. The normalized spacial score (nSPS) is 22.9. The summed E-state index contributed by atoms with van der Waals surface area (Å²) in [6.45, 7) is 7.24. The minimum absolute atomic E-state index is 0.164. The molecule has 3 unspecified atom stereocenters. The molecule has 0 aromatic heterocycles. The Labute approximate surface area is 214 Å². The van der Waals surface area contributed by atoms with Crippen LogP contribution in [0.4, 0.5) is 0 Å². The Morgan fingerprint density at radius 1 is 1.33 bits per heavy atom. The highest BCUT2D eigenvalue weighted by Crippen LogP contribution is 2.29. The standard InChI is InChI=1S/C28H39N5O3/c1-3-8-26(27(35)30-19-34)32-18-23-15-22(12-13-24(23)28(32)36)17-33(29)25-11-7-14-31(20(25)2)16-21-9-5-4-6-10-21/h5,9-10,12-13,15,19-20,25-26H,3-4,6-8,11,14,16-18,29H2,1-2H3,(H,30,34,35). The second-order valence-electron chi connectivity index (χ2n) is 10.2. The number of nitrogens with two attached hydrogens (primary N) is 1. The molecule has 0 radical (unpaired) electrons. The fraction of sp³-hybridized carbons (Fsp3) is 0.536. The van der Waals surface area contributed by atoms with Crippen LogP contribution in [0.5, 0.6) is 0 Å². The number of carbonyl (C=O) groups excluding carboxylic acids is 3. The highest BCUT2D eigenvalue weighted by Gasteiger charge is 2.36. The average Bonchev–Trinajstić information content (AvgIpc) is 3.19. The number of likely N-dealkylation sites (tertiary alicyclic amines) is 1. The van der Waals surface area contributed by atoms with Gasteiger partial charge >= 0.3 is 0 Å². The molecule has 2 aliphatic heterocycles. The largest absolute Gasteiger partial charge is 0.322 e. The summed E-state index contributed by atoms with van der Waals surface area (Å²) >= 11 is 0. The first-order valence-corrected chi connectivity index (χ1v) is 13.2. The molecule has 3 amide bonds. The number of amides is 3. The highest BCUT2D eigenvalue weighted by molar-refractivity contribution is 6.02. The SMILES string of the molecule is CCCC(C(=O)NC=O)N1Cc2cc(CN(N)C3CCCN(CC4=CCCC=C4)C3C)ccc2C1=O. The van der Waals surface area contributed by atoms with Crippen LogP contribution >= 0.6 is 0 Å². The summed E-state index contributed by atoms with van der Waals surface area (Å²) in [5.74, 6) is 6.04. The first-order valence-electron chi connectivity index (χ1n) is 13.2. The molecule has 1 aliphatic carbocycles. The number of carbonyl (C=O) groups is 3. The van der Waals surface area contributed by atoms with E-state index >= 15 is 0 Å². The maximum absolute atomic E-state index is 13.1. The van der Waals surface area contributed by atoms with Gasteiger partial charge in [0, 0.05) is 37.3 Å². The summed E-state index contributed by atoms with van der Waals surface area (Å²) < 4.78 is 0. The van der Waals surface area contributed by atoms with E-state index in [0.717, 1.165) is 56.3 Å². The Morgan fingerprint density at radius 3 is 2.89 bits per heavy atom. The summed E-state index contributed by atoms with van der Waals surface area (Å²) in [5.41, 5.74) is 3.97. The number of hydrogen-bond acceptors (Lipinski definition) is 6. The topological polar surface area (TPSA) is 99.0 Å². The zero-order valence-corrected chi connectivity index (χ0v) is 21.5. The van der Waals surface area contributed by atoms with Crippen LogP contribution in [0.25, 0.3) is 0 Å². The lowest BCUT2D eigenvalue weighted by Gasteiger charge is -2.43. The van der Waals surface area contributed by atoms with E-state index < -0.39 is 11.9 Å². The molecule has 8 heteroatoms. The number of imide groups is 1. The molecule has 0 spiro atoms. The van der Waals surface area contributed by atoms with E-state index in [1.165, 1.54) is 5.57 Å². The first-order chi connectivity index (χ1) is 17.4. The number of piperidine rings is 1. The second-order valence-corrected chi connectivity index (χ2v) is 10.2. The van der Waals surface area contributed by atoms with Crippen LogP contribution in [-0.4, -0.2) is 64.2 Å². The van der Waals surface area contributed by atoms with E-state index in [-0.39, 0.29) is 11.9 Å². The van der Waals surface area contributed by atoms with Gasteiger partial charge in [0.1, 0.15) is 6.04 Å². The van der Waals surface area contributed by atoms with Crippen molar-refractivity contribution in [3.05, 3.63) is 58.7 Å². The predicted octanol–water partition coefficient (Wildman–Crippen LogP) is 2.89. The average molecular weight is 494 g/mol. The Morgan fingerprint density at radius 2 is 2.17 bits per heavy atom. The summed E-state index contributed by atoms with van der Waals surface area (Å²) in [4.78, 5) is 40.4. The molecule has 3 N–H and O–H groups in total. The second kappa shape index (κ2) is 12.0. The smallest absolute Gasteiger partial charge is 0.255 e. The number of benzene rings is 1. The summed E-state index contributed by atoms with van der Waals surface area (Å²) in [7, 11) is 0. The number of nitrogens with zero attached hydrogens (tertiary/aromatic N) is 3. The molecule has 2 heterocycles. The first kappa shape index (κ1) is 26.3. The Bertz CT molecular complexity index is 1040. The van der Waals surface area contributed by atoms with Crippen molar-refractivity contribution in [1.29, 1.82) is 0 Å². The molecule has 3 aliphatic rings. The zero-order valence-electron chi connectivity index (χ0n) is 21.5. The fourth-order valence-corrected chi connectivity index (χ4v) is 5.81. The summed E-state index contributed by atoms with van der Waals surface area (Å²) in [6.07, 6.45) is 12.9. The number of allylic oxidation sites excluding steroid dienone is 2. The third-order valence-corrected chi connectivity index (χ3v) is 7.77. The van der Waals surface area contributed by atoms with Gasteiger partial charge in [-0.05, 0) is 68.3 Å². The minimum Gasteiger partial charge on any atom is -0.322 e. The van der Waals surface area contributed by atoms with Crippen molar-refractivity contribution in [3.63, 3.8) is 0 Å². The number of nitrogens with one attached hydrogen (secondary N) is 1. The molecular formula is C28H39N5O3. The lowest BCUT2D eigenvalue weighted by atomic mass is 9.95. The van der Waals surface area contributed by atoms with Gasteiger partial charge in [-0.25, -0.2) is 5.01 Å². The predicted molar refractivity (Wildman–Crippen MR) is 139 cm³/mol. The zero-order chi connectivity index (χ0) is 25.7. The van der Waals surface area contributed by atoms with E-state index in [4.69, 9.17) is 5.84 Å². The quantitative estimate of drug-likeness (QED) is 0.295. The Hall–Kier alpha value is -2.81. The maximum atomic E-state index is 13.1. The Balaban J connectivity index is 1.42. The summed E-state index contributed by atoms with van der Waals surface area (Å²) in [6, 6.07) is 5.79. The summed E-state index contributed by atoms with van der Waals surface area (Å²) in [5, 5.41) is 4.17. The van der Waals surface area contributed by atoms with Crippen molar-refractivity contribution >= 4 is 18.2 Å². The lowest BCUT2D eigenvalue weighted by Crippen LogP contribution is -2.56. The van der Waals surface area contributed by atoms with Gasteiger partial charge in [0.2, 0.25) is 12.3 Å². The van der Waals surface area contributed by atoms with E-state index in [9.17, 15) is 14.4 Å². The van der Waals surface area contributed by atoms with Gasteiger partial charge in [-0.15, -0.1) is 0 Å². The van der Waals surface area contributed by atoms with E-state index in [0.29, 0.717) is 37.5 Å². The van der Waals surface area contributed by atoms with Crippen molar-refractivity contribution in [3.8, 4) is 0 Å². The van der Waals surface area contributed by atoms with Gasteiger partial charge in [-0.1, -0.05) is 43.7 Å². The molecule has 4 rings (SSSR count). The third kappa shape index (κ3) is 5.77. The van der Waals surface area contributed by atoms with Crippen LogP contribution in [0.1, 0.15) is 73.9 Å². The molecule has 36 heavy (non-hydrogen) atoms. The number of rotatable bonds is 10. The third-order valence-electron chi connectivity index (χ3n) is 7.77. The number of hydrazine groups is 1. The molecule has 0 saturated carbocycles. The van der Waals surface area contributed by atoms with Crippen LogP contribution < -0.4 is 11.2 Å². The lowest BCUT2D eigenvalue weighted by molar-refractivity contribution is -0.129. The van der Waals surface area contributed by atoms with Crippen molar-refractivity contribution in [1.82, 2.24) is 20.1 Å². The molecule has 1 aromatic carbocycles. The van der Waals surface area contributed by atoms with Crippen LogP contribution in [0, 0.1) is 0 Å². The van der Waals surface area contributed by atoms with Gasteiger partial charge in [0.15, 0.2) is 0 Å². The van der Waals surface area contributed by atoms with E-state index in [1.54, 1.807) is 4.90 Å². The van der Waals surface area contributed by atoms with Crippen LogP contribution in [0.15, 0.2) is 42.0 Å². The van der Waals surface area contributed by atoms with Crippen LogP contribution in [-0.2, 0) is 22.7 Å². The van der Waals surface area contributed by atoms with Gasteiger partial charge in [0.25, 0.3) is 5.91 Å². The maximum Gasteiger partial charge on any atom is 0.255 e. The van der Waals surface area contributed by atoms with Gasteiger partial charge in [-0.2, -0.15) is 0 Å². The number of fused-ring (bicyclic) bond motifs is 1. The van der Waals surface area contributed by atoms with E-state index in [1.807, 2.05) is 30.1 Å².